The van der Waals surface area contributed by atoms with Gasteiger partial charge in [0, 0.05) is 24.3 Å². The number of nitrogens with zero attached hydrogens (tertiary/aromatic N) is 1. The van der Waals surface area contributed by atoms with Gasteiger partial charge in [0.25, 0.3) is 5.91 Å². The molecule has 2 aromatic rings. The van der Waals surface area contributed by atoms with Crippen LogP contribution >= 0.6 is 12.2 Å². The highest BCUT2D eigenvalue weighted by molar-refractivity contribution is 7.80. The third-order valence-corrected chi connectivity index (χ3v) is 5.40. The molecule has 0 atom stereocenters. The fraction of sp³-hybridized carbons (Fsp3) is 0.391. The molecule has 5 nitrogen and oxygen atoms in total. The van der Waals surface area contributed by atoms with Crippen LogP contribution in [-0.2, 0) is 4.79 Å². The average Bonchev–Trinajstić information content (AvgIpc) is 3.24. The zero-order valence-corrected chi connectivity index (χ0v) is 18.1. The van der Waals surface area contributed by atoms with Gasteiger partial charge in [-0.2, -0.15) is 0 Å². The van der Waals surface area contributed by atoms with E-state index >= 15 is 0 Å². The summed E-state index contributed by atoms with van der Waals surface area (Å²) >= 11 is 5.63. The van der Waals surface area contributed by atoms with Gasteiger partial charge in [-0.05, 0) is 69.0 Å². The van der Waals surface area contributed by atoms with Gasteiger partial charge in [-0.15, -0.1) is 0 Å². The Morgan fingerprint density at radius 2 is 1.83 bits per heavy atom. The van der Waals surface area contributed by atoms with Gasteiger partial charge >= 0.3 is 0 Å². The van der Waals surface area contributed by atoms with E-state index in [1.165, 1.54) is 12.8 Å². The van der Waals surface area contributed by atoms with Crippen LogP contribution < -0.4 is 14.8 Å². The van der Waals surface area contributed by atoms with Crippen molar-refractivity contribution in [2.24, 2.45) is 0 Å². The van der Waals surface area contributed by atoms with Gasteiger partial charge in [-0.3, -0.25) is 4.79 Å². The predicted octanol–water partition coefficient (Wildman–Crippen LogP) is 4.49. The molecule has 1 N–H and O–H groups in total. The molecule has 2 aromatic carbocycles. The summed E-state index contributed by atoms with van der Waals surface area (Å²) in [6.45, 7) is 8.29. The quantitative estimate of drug-likeness (QED) is 0.679. The second-order valence-electron chi connectivity index (χ2n) is 7.25. The van der Waals surface area contributed by atoms with Gasteiger partial charge < -0.3 is 19.7 Å². The summed E-state index contributed by atoms with van der Waals surface area (Å²) in [5, 5.41) is 2.91. The lowest BCUT2D eigenvalue weighted by molar-refractivity contribution is -0.118. The fourth-order valence-corrected chi connectivity index (χ4v) is 3.64. The minimum Gasteiger partial charge on any atom is -0.490 e. The van der Waals surface area contributed by atoms with E-state index in [1.54, 1.807) is 0 Å². The standard InChI is InChI=1S/C23H28N2O3S/c1-4-27-21-14-18(23(29)25-11-5-6-12-25)9-10-20(21)28-15-22(26)24-19-13-16(2)7-8-17(19)3/h7-10,13-14H,4-6,11-12,15H2,1-3H3,(H,24,26). The van der Waals surface area contributed by atoms with Crippen LogP contribution in [0.5, 0.6) is 11.5 Å². The van der Waals surface area contributed by atoms with Crippen LogP contribution in [0, 0.1) is 13.8 Å². The van der Waals surface area contributed by atoms with Gasteiger partial charge in [0.15, 0.2) is 18.1 Å². The summed E-state index contributed by atoms with van der Waals surface area (Å²) < 4.78 is 11.5. The maximum absolute atomic E-state index is 12.4. The molecule has 1 saturated heterocycles. The highest BCUT2D eigenvalue weighted by atomic mass is 32.1. The predicted molar refractivity (Wildman–Crippen MR) is 120 cm³/mol. The number of ether oxygens (including phenoxy) is 2. The Morgan fingerprint density at radius 1 is 1.07 bits per heavy atom. The van der Waals surface area contributed by atoms with Crippen molar-refractivity contribution >= 4 is 28.8 Å². The Kier molecular flexibility index (Phi) is 7.09. The van der Waals surface area contributed by atoms with Crippen LogP contribution in [0.1, 0.15) is 36.5 Å². The maximum Gasteiger partial charge on any atom is 0.262 e. The molecule has 29 heavy (non-hydrogen) atoms. The first-order chi connectivity index (χ1) is 14.0. The van der Waals surface area contributed by atoms with Crippen LogP contribution in [0.2, 0.25) is 0 Å². The molecule has 1 heterocycles. The van der Waals surface area contributed by atoms with E-state index in [2.05, 4.69) is 10.2 Å². The number of thiocarbonyl (C=S) groups is 1. The first-order valence-electron chi connectivity index (χ1n) is 10.0. The molecule has 1 fully saturated rings. The van der Waals surface area contributed by atoms with Gasteiger partial charge in [-0.1, -0.05) is 24.4 Å². The van der Waals surface area contributed by atoms with Crippen LogP contribution in [0.3, 0.4) is 0 Å². The van der Waals surface area contributed by atoms with E-state index in [0.29, 0.717) is 18.1 Å². The van der Waals surface area contributed by atoms with E-state index in [1.807, 2.05) is 57.2 Å². The van der Waals surface area contributed by atoms with Gasteiger partial charge in [0.1, 0.15) is 4.99 Å². The van der Waals surface area contributed by atoms with E-state index < -0.39 is 0 Å². The van der Waals surface area contributed by atoms with Crippen molar-refractivity contribution < 1.29 is 14.3 Å². The SMILES string of the molecule is CCOc1cc(C(=S)N2CCCC2)ccc1OCC(=O)Nc1cc(C)ccc1C. The fourth-order valence-electron chi connectivity index (χ4n) is 3.33. The smallest absolute Gasteiger partial charge is 0.262 e. The Balaban J connectivity index is 1.67. The molecule has 0 unspecified atom stereocenters. The van der Waals surface area contributed by atoms with Crippen molar-refractivity contribution in [3.05, 3.63) is 53.1 Å². The molecule has 3 rings (SSSR count). The molecule has 1 aliphatic heterocycles. The minimum absolute atomic E-state index is 0.0939. The molecule has 6 heteroatoms. The lowest BCUT2D eigenvalue weighted by atomic mass is 10.1. The third kappa shape index (κ3) is 5.48. The van der Waals surface area contributed by atoms with Crippen LogP contribution in [0.15, 0.2) is 36.4 Å². The van der Waals surface area contributed by atoms with Crippen molar-refractivity contribution in [3.8, 4) is 11.5 Å². The van der Waals surface area contributed by atoms with Crippen molar-refractivity contribution in [3.63, 3.8) is 0 Å². The second kappa shape index (κ2) is 9.74. The molecule has 0 bridgehead atoms. The molecular formula is C23H28N2O3S. The normalized spacial score (nSPS) is 13.3. The Bertz CT molecular complexity index is 892. The number of hydrogen-bond donors (Lipinski definition) is 1. The zero-order valence-electron chi connectivity index (χ0n) is 17.3. The van der Waals surface area contributed by atoms with Gasteiger partial charge in [0.05, 0.1) is 6.61 Å². The number of amides is 1. The monoisotopic (exact) mass is 412 g/mol. The summed E-state index contributed by atoms with van der Waals surface area (Å²) in [7, 11) is 0. The Morgan fingerprint density at radius 3 is 2.55 bits per heavy atom. The molecule has 1 amide bonds. The zero-order chi connectivity index (χ0) is 20.8. The number of likely N-dealkylation sites (tertiary alicyclic amines) is 1. The Labute approximate surface area is 178 Å². The Hall–Kier alpha value is -2.60. The third-order valence-electron chi connectivity index (χ3n) is 4.91. The molecule has 1 aliphatic rings. The van der Waals surface area contributed by atoms with Gasteiger partial charge in [-0.25, -0.2) is 0 Å². The number of anilines is 1. The molecular weight excluding hydrogens is 384 g/mol. The van der Waals surface area contributed by atoms with Crippen molar-refractivity contribution in [2.45, 2.75) is 33.6 Å². The number of nitrogens with one attached hydrogen (secondary N) is 1. The van der Waals surface area contributed by atoms with E-state index in [-0.39, 0.29) is 12.5 Å². The summed E-state index contributed by atoms with van der Waals surface area (Å²) in [6, 6.07) is 11.6. The summed E-state index contributed by atoms with van der Waals surface area (Å²) in [6.07, 6.45) is 2.35. The summed E-state index contributed by atoms with van der Waals surface area (Å²) in [5.41, 5.74) is 3.85. The molecule has 0 saturated carbocycles. The van der Waals surface area contributed by atoms with Gasteiger partial charge in [0.2, 0.25) is 0 Å². The van der Waals surface area contributed by atoms with Crippen molar-refractivity contribution in [2.75, 3.05) is 31.6 Å². The summed E-state index contributed by atoms with van der Waals surface area (Å²) in [5.74, 6) is 0.930. The first kappa shape index (κ1) is 21.1. The highest BCUT2D eigenvalue weighted by Gasteiger charge is 2.18. The largest absolute Gasteiger partial charge is 0.490 e. The topological polar surface area (TPSA) is 50.8 Å². The molecule has 154 valence electrons. The lowest BCUT2D eigenvalue weighted by Crippen LogP contribution is -2.26. The number of carbonyl (C=O) groups is 1. The minimum atomic E-state index is -0.210. The summed E-state index contributed by atoms with van der Waals surface area (Å²) in [4.78, 5) is 15.4. The second-order valence-corrected chi connectivity index (χ2v) is 7.64. The number of hydrogen-bond acceptors (Lipinski definition) is 4. The van der Waals surface area contributed by atoms with E-state index in [9.17, 15) is 4.79 Å². The first-order valence-corrected chi connectivity index (χ1v) is 10.4. The lowest BCUT2D eigenvalue weighted by Gasteiger charge is -2.20. The number of aryl methyl sites for hydroxylation is 2. The van der Waals surface area contributed by atoms with Crippen LogP contribution in [0.25, 0.3) is 0 Å². The van der Waals surface area contributed by atoms with Crippen molar-refractivity contribution in [1.82, 2.24) is 4.90 Å². The number of benzene rings is 2. The number of rotatable bonds is 7. The molecule has 0 spiro atoms. The molecule has 0 aromatic heterocycles. The van der Waals surface area contributed by atoms with E-state index in [4.69, 9.17) is 21.7 Å². The van der Waals surface area contributed by atoms with Crippen LogP contribution in [0.4, 0.5) is 5.69 Å². The average molecular weight is 413 g/mol. The number of carbonyl (C=O) groups excluding carboxylic acids is 1. The molecule has 0 aliphatic carbocycles. The van der Waals surface area contributed by atoms with E-state index in [0.717, 1.165) is 40.5 Å². The van der Waals surface area contributed by atoms with Crippen molar-refractivity contribution in [1.29, 1.82) is 0 Å². The molecule has 0 radical (unpaired) electrons. The maximum atomic E-state index is 12.4. The highest BCUT2D eigenvalue weighted by Crippen LogP contribution is 2.30. The van der Waals surface area contributed by atoms with Crippen LogP contribution in [-0.4, -0.2) is 42.1 Å².